The zero-order valence-corrected chi connectivity index (χ0v) is 44.2. The van der Waals surface area contributed by atoms with Gasteiger partial charge in [-0.15, -0.1) is 0 Å². The number of aromatic carboxylic acids is 1. The predicted molar refractivity (Wildman–Crippen MR) is 302 cm³/mol. The molecule has 8 rings (SSSR count). The van der Waals surface area contributed by atoms with Crippen LogP contribution in [0.15, 0.2) is 182 Å². The van der Waals surface area contributed by atoms with Gasteiger partial charge in [-0.3, -0.25) is 9.59 Å². The Labute approximate surface area is 444 Å². The number of carboxylic acids is 1. The topological polar surface area (TPSA) is 194 Å². The number of benzene rings is 8. The molecule has 0 aliphatic carbocycles. The molecule has 76 heavy (non-hydrogen) atoms. The lowest BCUT2D eigenvalue weighted by atomic mass is 9.85. The van der Waals surface area contributed by atoms with Crippen LogP contribution in [0.3, 0.4) is 0 Å². The molecule has 0 saturated carbocycles. The van der Waals surface area contributed by atoms with E-state index in [2.05, 4.69) is 36.1 Å². The van der Waals surface area contributed by atoms with E-state index < -0.39 is 23.8 Å². The number of carbonyl (C=O) groups is 5. The zero-order chi connectivity index (χ0) is 55.3. The first-order valence-corrected chi connectivity index (χ1v) is 24.4. The summed E-state index contributed by atoms with van der Waals surface area (Å²) < 4.78 is 9.55. The molecule has 388 valence electrons. The van der Waals surface area contributed by atoms with E-state index in [-0.39, 0.29) is 39.3 Å². The quantitative estimate of drug-likeness (QED) is 0.0650. The van der Waals surface area contributed by atoms with Gasteiger partial charge in [-0.2, -0.15) is 0 Å². The Morgan fingerprint density at radius 1 is 0.434 bits per heavy atom. The van der Waals surface area contributed by atoms with Crippen molar-refractivity contribution in [3.8, 4) is 39.1 Å². The largest absolute Gasteiger partial charge is 0.507 e. The number of aromatic hydroxyl groups is 1. The number of nitrogens with two attached hydrogens (primary N) is 1. The fraction of sp³-hybridized carbons (Fsp3) is 0.172. The second-order valence-electron chi connectivity index (χ2n) is 19.9. The standard InChI is InChI=1S/C26H27NO3.C24H23NO4.C14H13NO2/c1-17-11-13-20(26(2,3)4)16-22(17)24(28)27-23-15-19(18-9-7-6-8-10-18)12-14-21(23)25(29)30-5;1-24(2,3)17-10-12-21(26)19(14-17)22(27)25-20-13-16(9-11-18(20)23(28)29)15-7-5-4-6-8-15;1-17-14(16)12-8-7-11(9-13(12)15)10-5-3-2-4-6-10/h6-16H,1-5H3,(H,27,28);4-14,26H,1-3H3,(H,25,27)(H,28,29);2-9H,15H2,1H3. The highest BCUT2D eigenvalue weighted by molar-refractivity contribution is 6.10. The maximum atomic E-state index is 13.2. The number of carboxylic acid groups (broad SMARTS) is 1. The zero-order valence-electron chi connectivity index (χ0n) is 44.2. The van der Waals surface area contributed by atoms with Crippen LogP contribution in [0.2, 0.25) is 0 Å². The summed E-state index contributed by atoms with van der Waals surface area (Å²) in [5, 5.41) is 25.3. The van der Waals surface area contributed by atoms with E-state index in [1.165, 1.54) is 26.4 Å². The van der Waals surface area contributed by atoms with Gasteiger partial charge in [0.15, 0.2) is 0 Å². The van der Waals surface area contributed by atoms with Crippen LogP contribution in [0.5, 0.6) is 5.75 Å². The first kappa shape index (κ1) is 56.0. The monoisotopic (exact) mass is 1020 g/mol. The molecule has 0 heterocycles. The fourth-order valence-electron chi connectivity index (χ4n) is 7.96. The van der Waals surface area contributed by atoms with Crippen LogP contribution in [0.4, 0.5) is 17.1 Å². The third-order valence-electron chi connectivity index (χ3n) is 12.4. The van der Waals surface area contributed by atoms with Crippen molar-refractivity contribution in [2.45, 2.75) is 59.3 Å². The second-order valence-corrected chi connectivity index (χ2v) is 19.9. The average Bonchev–Trinajstić information content (AvgIpc) is 3.41. The smallest absolute Gasteiger partial charge is 0.339 e. The normalized spacial score (nSPS) is 10.9. The SMILES string of the molecule is CC(C)(C)c1ccc(O)c(C(=O)Nc2cc(-c3ccccc3)ccc2C(=O)O)c1.COC(=O)c1ccc(-c2ccccc2)cc1N.COC(=O)c1ccc(-c2ccccc2)cc1NC(=O)c1cc(C(C)(C)C)ccc1C. The van der Waals surface area contributed by atoms with E-state index in [9.17, 15) is 34.2 Å². The van der Waals surface area contributed by atoms with Crippen molar-refractivity contribution in [2.24, 2.45) is 0 Å². The highest BCUT2D eigenvalue weighted by Crippen LogP contribution is 2.32. The molecule has 0 bridgehead atoms. The number of ether oxygens (including phenoxy) is 2. The van der Waals surface area contributed by atoms with E-state index in [1.54, 1.807) is 42.5 Å². The number of hydrogen-bond donors (Lipinski definition) is 5. The van der Waals surface area contributed by atoms with Crippen molar-refractivity contribution >= 4 is 46.8 Å². The van der Waals surface area contributed by atoms with Crippen molar-refractivity contribution in [1.29, 1.82) is 0 Å². The first-order valence-electron chi connectivity index (χ1n) is 24.4. The van der Waals surface area contributed by atoms with Gasteiger partial charge in [0.2, 0.25) is 0 Å². The number of nitrogens with one attached hydrogen (secondary N) is 2. The number of amides is 2. The van der Waals surface area contributed by atoms with Crippen LogP contribution in [0.1, 0.15) is 110 Å². The van der Waals surface area contributed by atoms with Crippen LogP contribution >= 0.6 is 0 Å². The molecular formula is C64H63N3O9. The summed E-state index contributed by atoms with van der Waals surface area (Å²) in [6.45, 7) is 14.3. The lowest BCUT2D eigenvalue weighted by molar-refractivity contribution is 0.0593. The van der Waals surface area contributed by atoms with Crippen LogP contribution in [-0.2, 0) is 20.3 Å². The first-order chi connectivity index (χ1) is 36.1. The lowest BCUT2D eigenvalue weighted by Crippen LogP contribution is -2.18. The number of rotatable bonds is 10. The molecule has 12 heteroatoms. The molecule has 0 radical (unpaired) electrons. The van der Waals surface area contributed by atoms with Gasteiger partial charge in [0.05, 0.1) is 47.8 Å². The summed E-state index contributed by atoms with van der Waals surface area (Å²) in [5.41, 5.74) is 16.4. The molecule has 0 spiro atoms. The van der Waals surface area contributed by atoms with Gasteiger partial charge < -0.3 is 36.1 Å². The molecule has 0 aliphatic rings. The Kier molecular flexibility index (Phi) is 18.1. The Morgan fingerprint density at radius 3 is 1.25 bits per heavy atom. The predicted octanol–water partition coefficient (Wildman–Crippen LogP) is 14.0. The van der Waals surface area contributed by atoms with E-state index in [4.69, 9.17) is 10.5 Å². The Hall–Kier alpha value is -9.29. The molecule has 12 nitrogen and oxygen atoms in total. The van der Waals surface area contributed by atoms with Crippen molar-refractivity contribution in [2.75, 3.05) is 30.6 Å². The van der Waals surface area contributed by atoms with E-state index in [0.29, 0.717) is 28.1 Å². The van der Waals surface area contributed by atoms with Crippen molar-refractivity contribution in [1.82, 2.24) is 0 Å². The van der Waals surface area contributed by atoms with E-state index in [1.807, 2.05) is 155 Å². The molecule has 0 aliphatic heterocycles. The maximum Gasteiger partial charge on any atom is 0.339 e. The summed E-state index contributed by atoms with van der Waals surface area (Å²) >= 11 is 0. The highest BCUT2D eigenvalue weighted by Gasteiger charge is 2.23. The van der Waals surface area contributed by atoms with Crippen molar-refractivity contribution in [3.05, 3.63) is 226 Å². The Balaban J connectivity index is 0.000000192. The number of phenolic OH excluding ortho intramolecular Hbond substituents is 1. The number of methoxy groups -OCH3 is 2. The van der Waals surface area contributed by atoms with Gasteiger partial charge in [-0.25, -0.2) is 14.4 Å². The van der Waals surface area contributed by atoms with Gasteiger partial charge in [-0.1, -0.05) is 169 Å². The Bertz CT molecular complexity index is 3380. The summed E-state index contributed by atoms with van der Waals surface area (Å²) in [6, 6.07) is 55.4. The second kappa shape index (κ2) is 24.6. The minimum Gasteiger partial charge on any atom is -0.507 e. The third-order valence-corrected chi connectivity index (χ3v) is 12.4. The van der Waals surface area contributed by atoms with Crippen molar-refractivity contribution < 1.29 is 43.7 Å². The van der Waals surface area contributed by atoms with Gasteiger partial charge in [0.1, 0.15) is 5.75 Å². The molecular weight excluding hydrogens is 955 g/mol. The highest BCUT2D eigenvalue weighted by atomic mass is 16.5. The third kappa shape index (κ3) is 14.3. The number of aryl methyl sites for hydroxylation is 1. The molecule has 6 N–H and O–H groups in total. The average molecular weight is 1020 g/mol. The van der Waals surface area contributed by atoms with Crippen LogP contribution in [0.25, 0.3) is 33.4 Å². The number of hydrogen-bond acceptors (Lipinski definition) is 9. The minimum atomic E-state index is -1.15. The maximum absolute atomic E-state index is 13.2. The summed E-state index contributed by atoms with van der Waals surface area (Å²) in [5.74, 6) is -3.04. The number of phenols is 1. The number of esters is 2. The number of carbonyl (C=O) groups excluding carboxylic acids is 4. The van der Waals surface area contributed by atoms with Gasteiger partial charge >= 0.3 is 17.9 Å². The van der Waals surface area contributed by atoms with E-state index >= 15 is 0 Å². The van der Waals surface area contributed by atoms with Gasteiger partial charge in [0.25, 0.3) is 11.8 Å². The molecule has 2 amide bonds. The molecule has 8 aromatic rings. The Morgan fingerprint density at radius 2 is 0.816 bits per heavy atom. The van der Waals surface area contributed by atoms with Crippen LogP contribution in [0, 0.1) is 6.92 Å². The molecule has 8 aromatic carbocycles. The molecule has 0 fully saturated rings. The van der Waals surface area contributed by atoms with E-state index in [0.717, 1.165) is 50.1 Å². The van der Waals surface area contributed by atoms with Crippen molar-refractivity contribution in [3.63, 3.8) is 0 Å². The molecule has 0 unspecified atom stereocenters. The molecule has 0 aromatic heterocycles. The minimum absolute atomic E-state index is 0.0236. The summed E-state index contributed by atoms with van der Waals surface area (Å²) in [7, 11) is 2.67. The van der Waals surface area contributed by atoms with Crippen LogP contribution in [-0.4, -0.2) is 54.2 Å². The number of anilines is 3. The lowest BCUT2D eigenvalue weighted by Gasteiger charge is -2.21. The molecule has 0 saturated heterocycles. The van der Waals surface area contributed by atoms with Gasteiger partial charge in [0, 0.05) is 11.3 Å². The molecule has 0 atom stereocenters. The van der Waals surface area contributed by atoms with Crippen LogP contribution < -0.4 is 16.4 Å². The van der Waals surface area contributed by atoms with Gasteiger partial charge in [-0.05, 0) is 122 Å². The summed E-state index contributed by atoms with van der Waals surface area (Å²) in [6.07, 6.45) is 0. The fourth-order valence-corrected chi connectivity index (χ4v) is 7.96. The number of nitrogen functional groups attached to an aromatic ring is 1. The summed E-state index contributed by atoms with van der Waals surface area (Å²) in [4.78, 5) is 61.3.